The molecule has 0 bridgehead atoms. The summed E-state index contributed by atoms with van der Waals surface area (Å²) in [4.78, 5) is 11.7. The van der Waals surface area contributed by atoms with Gasteiger partial charge in [-0.3, -0.25) is 10.1 Å². The third kappa shape index (κ3) is 2.84. The number of hydrogen-bond acceptors (Lipinski definition) is 6. The van der Waals surface area contributed by atoms with E-state index < -0.39 is 11.2 Å². The number of nitrogens with zero attached hydrogens (tertiary/aromatic N) is 2. The van der Waals surface area contributed by atoms with Crippen LogP contribution in [-0.4, -0.2) is 9.93 Å². The van der Waals surface area contributed by atoms with E-state index in [1.807, 2.05) is 28.6 Å². The highest BCUT2D eigenvalue weighted by atomic mass is 35.5. The average Bonchev–Trinajstić information content (AvgIpc) is 3.37. The Bertz CT molecular complexity index is 1080. The van der Waals surface area contributed by atoms with Crippen LogP contribution in [0.2, 0.25) is 5.02 Å². The van der Waals surface area contributed by atoms with E-state index in [1.165, 1.54) is 12.1 Å². The maximum Gasteiger partial charge on any atom is 0.269 e. The zero-order chi connectivity index (χ0) is 19.3. The van der Waals surface area contributed by atoms with Crippen molar-refractivity contribution in [1.82, 2.24) is 10.4 Å². The molecule has 8 heteroatoms. The van der Waals surface area contributed by atoms with E-state index in [4.69, 9.17) is 16.3 Å². The van der Waals surface area contributed by atoms with Gasteiger partial charge in [-0.05, 0) is 47.9 Å². The second-order valence-corrected chi connectivity index (χ2v) is 7.91. The summed E-state index contributed by atoms with van der Waals surface area (Å²) < 4.78 is 6.26. The predicted octanol–water partition coefficient (Wildman–Crippen LogP) is 5.30. The van der Waals surface area contributed by atoms with Gasteiger partial charge in [0.15, 0.2) is 6.23 Å². The van der Waals surface area contributed by atoms with E-state index in [9.17, 15) is 10.1 Å². The van der Waals surface area contributed by atoms with Crippen molar-refractivity contribution in [3.63, 3.8) is 0 Å². The van der Waals surface area contributed by atoms with E-state index in [2.05, 4.69) is 17.6 Å². The lowest BCUT2D eigenvalue weighted by molar-refractivity contribution is -0.384. The Morgan fingerprint density at radius 1 is 1.18 bits per heavy atom. The Morgan fingerprint density at radius 2 is 2.00 bits per heavy atom. The molecule has 0 radical (unpaired) electrons. The quantitative estimate of drug-likeness (QED) is 0.467. The number of nitrogens with one attached hydrogen (secondary N) is 1. The number of fused-ring (bicyclic) bond motifs is 3. The van der Waals surface area contributed by atoms with Crippen molar-refractivity contribution in [3.05, 3.63) is 97.2 Å². The molecule has 0 saturated carbocycles. The zero-order valence-electron chi connectivity index (χ0n) is 14.4. The van der Waals surface area contributed by atoms with Gasteiger partial charge in [0.05, 0.1) is 21.5 Å². The topological polar surface area (TPSA) is 67.6 Å². The molecule has 6 nitrogen and oxygen atoms in total. The summed E-state index contributed by atoms with van der Waals surface area (Å²) in [5.41, 5.74) is 6.30. The molecule has 2 aliphatic heterocycles. The van der Waals surface area contributed by atoms with Crippen LogP contribution in [0.3, 0.4) is 0 Å². The van der Waals surface area contributed by atoms with Crippen LogP contribution in [0.1, 0.15) is 28.3 Å². The minimum absolute atomic E-state index is 0.0510. The molecule has 0 fully saturated rings. The first-order valence-corrected chi connectivity index (χ1v) is 9.87. The Hall–Kier alpha value is -2.87. The third-order valence-corrected chi connectivity index (χ3v) is 5.97. The second-order valence-electron chi connectivity index (χ2n) is 6.52. The number of rotatable bonds is 3. The summed E-state index contributed by atoms with van der Waals surface area (Å²) in [7, 11) is 0. The molecule has 0 unspecified atom stereocenters. The third-order valence-electron chi connectivity index (χ3n) is 4.83. The number of ether oxygens (including phenoxy) is 1. The summed E-state index contributed by atoms with van der Waals surface area (Å²) in [6.07, 6.45) is 1.72. The summed E-state index contributed by atoms with van der Waals surface area (Å²) in [5.74, 6) is 0.750. The Kier molecular flexibility index (Phi) is 4.08. The zero-order valence-corrected chi connectivity index (χ0v) is 16.0. The monoisotopic (exact) mass is 411 g/mol. The highest BCUT2D eigenvalue weighted by molar-refractivity contribution is 7.11. The van der Waals surface area contributed by atoms with Crippen LogP contribution >= 0.6 is 22.9 Å². The molecular weight excluding hydrogens is 398 g/mol. The van der Waals surface area contributed by atoms with Crippen LogP contribution in [0.4, 0.5) is 5.69 Å². The Morgan fingerprint density at radius 3 is 2.71 bits per heavy atom. The number of nitro groups is 1. The van der Waals surface area contributed by atoms with E-state index in [0.29, 0.717) is 5.02 Å². The molecule has 2 aromatic carbocycles. The summed E-state index contributed by atoms with van der Waals surface area (Å²) in [5, 5.41) is 15.7. The summed E-state index contributed by atoms with van der Waals surface area (Å²) >= 11 is 7.88. The molecule has 0 amide bonds. The van der Waals surface area contributed by atoms with Crippen molar-refractivity contribution in [1.29, 1.82) is 0 Å². The highest BCUT2D eigenvalue weighted by Crippen LogP contribution is 2.47. The van der Waals surface area contributed by atoms with Crippen molar-refractivity contribution in [2.24, 2.45) is 0 Å². The molecule has 5 rings (SSSR count). The first-order chi connectivity index (χ1) is 13.6. The van der Waals surface area contributed by atoms with Crippen LogP contribution in [0.25, 0.3) is 5.70 Å². The van der Waals surface area contributed by atoms with Gasteiger partial charge in [-0.1, -0.05) is 17.7 Å². The van der Waals surface area contributed by atoms with Crippen LogP contribution in [-0.2, 0) is 0 Å². The molecule has 28 heavy (non-hydrogen) atoms. The molecule has 0 spiro atoms. The molecule has 3 heterocycles. The fourth-order valence-electron chi connectivity index (χ4n) is 3.52. The number of benzene rings is 2. The molecule has 0 saturated heterocycles. The molecule has 3 aromatic rings. The van der Waals surface area contributed by atoms with Gasteiger partial charge in [-0.25, -0.2) is 0 Å². The minimum atomic E-state index is -0.437. The maximum atomic E-state index is 11.0. The number of nitro benzene ring substituents is 1. The van der Waals surface area contributed by atoms with Gasteiger partial charge >= 0.3 is 0 Å². The van der Waals surface area contributed by atoms with E-state index >= 15 is 0 Å². The number of halogens is 1. The highest BCUT2D eigenvalue weighted by Gasteiger charge is 2.40. The fraction of sp³-hybridized carbons (Fsp3) is 0.100. The normalized spacial score (nSPS) is 20.5. The molecule has 2 aliphatic rings. The Balaban J connectivity index is 1.57. The average molecular weight is 412 g/mol. The second kappa shape index (κ2) is 6.63. The van der Waals surface area contributed by atoms with Crippen LogP contribution in [0.15, 0.2) is 66.1 Å². The summed E-state index contributed by atoms with van der Waals surface area (Å²) in [6, 6.07) is 16.0. The molecule has 0 aliphatic carbocycles. The number of non-ortho nitro benzene ring substituents is 1. The lowest BCUT2D eigenvalue weighted by Crippen LogP contribution is -2.43. The minimum Gasteiger partial charge on any atom is -0.469 e. The van der Waals surface area contributed by atoms with Gasteiger partial charge in [0.1, 0.15) is 5.75 Å². The van der Waals surface area contributed by atoms with Crippen molar-refractivity contribution in [2.75, 3.05) is 0 Å². The largest absolute Gasteiger partial charge is 0.469 e. The van der Waals surface area contributed by atoms with Crippen LogP contribution in [0, 0.1) is 10.1 Å². The van der Waals surface area contributed by atoms with E-state index in [1.54, 1.807) is 29.5 Å². The van der Waals surface area contributed by atoms with E-state index in [-0.39, 0.29) is 11.7 Å². The van der Waals surface area contributed by atoms with Gasteiger partial charge in [0.25, 0.3) is 5.69 Å². The molecular formula is C20H14ClN3O3S. The predicted molar refractivity (Wildman–Crippen MR) is 108 cm³/mol. The SMILES string of the molecule is O=[N+]([O-])c1ccc([C@@H]2Oc3ccc(Cl)cc3[C@H]3C=C(c4cccs4)NN32)cc1. The number of hydrazine groups is 1. The van der Waals surface area contributed by atoms with Gasteiger partial charge < -0.3 is 10.2 Å². The van der Waals surface area contributed by atoms with Gasteiger partial charge in [-0.2, -0.15) is 5.01 Å². The van der Waals surface area contributed by atoms with Crippen molar-refractivity contribution in [3.8, 4) is 5.75 Å². The molecule has 140 valence electrons. The summed E-state index contributed by atoms with van der Waals surface area (Å²) in [6.45, 7) is 0. The lowest BCUT2D eigenvalue weighted by Gasteiger charge is -2.39. The maximum absolute atomic E-state index is 11.0. The van der Waals surface area contributed by atoms with Crippen molar-refractivity contribution in [2.45, 2.75) is 12.3 Å². The smallest absolute Gasteiger partial charge is 0.269 e. The van der Waals surface area contributed by atoms with Gasteiger partial charge in [-0.15, -0.1) is 11.3 Å². The number of hydrogen-bond donors (Lipinski definition) is 1. The lowest BCUT2D eigenvalue weighted by atomic mass is 10.0. The molecule has 2 atom stereocenters. The van der Waals surface area contributed by atoms with Crippen molar-refractivity contribution < 1.29 is 9.66 Å². The standard InChI is InChI=1S/C20H14ClN3O3S/c21-13-5-8-18-15(10-13)17-11-16(19-2-1-9-28-19)22-23(17)20(27-18)12-3-6-14(7-4-12)24(25)26/h1-11,17,20,22H/t17-,20+/m1/s1. The fourth-order valence-corrected chi connectivity index (χ4v) is 4.40. The van der Waals surface area contributed by atoms with Crippen molar-refractivity contribution >= 4 is 34.3 Å². The first-order valence-electron chi connectivity index (χ1n) is 8.61. The number of thiophene rings is 1. The van der Waals surface area contributed by atoms with Gasteiger partial charge in [0, 0.05) is 28.3 Å². The first kappa shape index (κ1) is 17.2. The Labute approximate surface area is 169 Å². The van der Waals surface area contributed by atoms with Crippen LogP contribution in [0.5, 0.6) is 5.75 Å². The van der Waals surface area contributed by atoms with Crippen LogP contribution < -0.4 is 10.2 Å². The molecule has 1 N–H and O–H groups in total. The van der Waals surface area contributed by atoms with Gasteiger partial charge in [0.2, 0.25) is 0 Å². The van der Waals surface area contributed by atoms with E-state index in [0.717, 1.165) is 27.5 Å². The molecule has 1 aromatic heterocycles.